The van der Waals surface area contributed by atoms with Crippen molar-refractivity contribution in [2.24, 2.45) is 27.7 Å². The fourth-order valence-corrected chi connectivity index (χ4v) is 10.1. The lowest BCUT2D eigenvalue weighted by Crippen LogP contribution is -2.49. The average molecular weight is 920 g/mol. The molecule has 2 aromatic carbocycles. The van der Waals surface area contributed by atoms with E-state index in [1.165, 1.54) is 93.2 Å². The monoisotopic (exact) mass is 918 g/mol. The van der Waals surface area contributed by atoms with Gasteiger partial charge in [-0.05, 0) is 148 Å². The van der Waals surface area contributed by atoms with Gasteiger partial charge < -0.3 is 25.0 Å². The molecule has 0 bridgehead atoms. The fraction of sp³-hybridized carbons (Fsp3) is 0.560. The van der Waals surface area contributed by atoms with Crippen molar-refractivity contribution in [2.75, 3.05) is 70.9 Å². The minimum Gasteiger partial charge on any atom is -0.493 e. The molecule has 4 aliphatic rings. The predicted molar refractivity (Wildman–Crippen MR) is 263 cm³/mol. The molecule has 6 heterocycles. The molecule has 4 saturated heterocycles. The SMILES string of the molecule is CC(C)COc1ccccc1CN1CCC2(CC1)CCN(C(=O)Nc1ccsc1)CC2.CC(C)COc1ccccc1CN1CCC2(CCNCC2)CC1.Cl.O=C=Nc1ccsc1. The van der Waals surface area contributed by atoms with Crippen LogP contribution in [0.5, 0.6) is 11.5 Å². The molecule has 0 atom stereocenters. The molecule has 13 heteroatoms. The largest absolute Gasteiger partial charge is 0.493 e. The van der Waals surface area contributed by atoms with Crippen molar-refractivity contribution >= 4 is 58.6 Å². The van der Waals surface area contributed by atoms with Crippen LogP contribution >= 0.6 is 35.1 Å². The van der Waals surface area contributed by atoms with Crippen LogP contribution in [0, 0.1) is 22.7 Å². The number of hydrogen-bond acceptors (Lipinski definition) is 10. The van der Waals surface area contributed by atoms with Crippen LogP contribution in [0.25, 0.3) is 0 Å². The summed E-state index contributed by atoms with van der Waals surface area (Å²) in [5.41, 5.74) is 5.26. The second-order valence-electron chi connectivity index (χ2n) is 18.5. The van der Waals surface area contributed by atoms with Crippen LogP contribution in [0.15, 0.2) is 87.2 Å². The van der Waals surface area contributed by atoms with Gasteiger partial charge in [0.15, 0.2) is 0 Å². The molecule has 0 aliphatic carbocycles. The zero-order chi connectivity index (χ0) is 43.6. The molecular formula is C50H71ClN6O4S2. The van der Waals surface area contributed by atoms with Crippen molar-refractivity contribution in [3.63, 3.8) is 0 Å². The van der Waals surface area contributed by atoms with E-state index in [4.69, 9.17) is 9.47 Å². The van der Waals surface area contributed by atoms with Crippen molar-refractivity contribution in [2.45, 2.75) is 92.2 Å². The summed E-state index contributed by atoms with van der Waals surface area (Å²) >= 11 is 3.11. The maximum absolute atomic E-state index is 12.5. The third-order valence-corrected chi connectivity index (χ3v) is 14.3. The summed E-state index contributed by atoms with van der Waals surface area (Å²) in [6, 6.07) is 20.8. The number of anilines is 1. The summed E-state index contributed by atoms with van der Waals surface area (Å²) in [5, 5.41) is 14.1. The van der Waals surface area contributed by atoms with Gasteiger partial charge in [-0.1, -0.05) is 64.1 Å². The third-order valence-electron chi connectivity index (χ3n) is 12.9. The number of benzene rings is 2. The molecule has 2 N–H and O–H groups in total. The van der Waals surface area contributed by atoms with Gasteiger partial charge in [-0.2, -0.15) is 27.7 Å². The Hall–Kier alpha value is -3.74. The Morgan fingerprint density at radius 2 is 1.17 bits per heavy atom. The number of halogens is 1. The first kappa shape index (κ1) is 50.3. The first-order valence-corrected chi connectivity index (χ1v) is 24.8. The maximum atomic E-state index is 12.5. The summed E-state index contributed by atoms with van der Waals surface area (Å²) in [6.07, 6.45) is 11.6. The lowest BCUT2D eigenvalue weighted by atomic mass is 9.71. The molecule has 2 amide bonds. The van der Waals surface area contributed by atoms with Crippen LogP contribution in [-0.2, 0) is 17.9 Å². The Balaban J connectivity index is 0.000000205. The van der Waals surface area contributed by atoms with Crippen LogP contribution in [0.1, 0.15) is 90.2 Å². The molecule has 0 unspecified atom stereocenters. The first-order valence-electron chi connectivity index (χ1n) is 22.9. The number of carbonyl (C=O) groups is 1. The van der Waals surface area contributed by atoms with E-state index >= 15 is 0 Å². The summed E-state index contributed by atoms with van der Waals surface area (Å²) in [7, 11) is 0. The molecule has 4 aliphatic heterocycles. The van der Waals surface area contributed by atoms with E-state index in [1.807, 2.05) is 27.1 Å². The number of nitrogens with one attached hydrogen (secondary N) is 2. The number of para-hydroxylation sites is 2. The highest BCUT2D eigenvalue weighted by atomic mass is 35.5. The Kier molecular flexibility index (Phi) is 20.5. The van der Waals surface area contributed by atoms with Crippen LogP contribution in [0.3, 0.4) is 0 Å². The number of isocyanates is 1. The second kappa shape index (κ2) is 25.7. The van der Waals surface area contributed by atoms with E-state index in [2.05, 4.69) is 102 Å². The quantitative estimate of drug-likeness (QED) is 0.108. The highest BCUT2D eigenvalue weighted by molar-refractivity contribution is 7.08. The smallest absolute Gasteiger partial charge is 0.321 e. The number of ether oxygens (including phenoxy) is 2. The number of nitrogens with zero attached hydrogens (tertiary/aromatic N) is 4. The average Bonchev–Trinajstić information content (AvgIpc) is 4.01. The predicted octanol–water partition coefficient (Wildman–Crippen LogP) is 11.5. The number of amides is 2. The molecule has 10 nitrogen and oxygen atoms in total. The molecule has 0 saturated carbocycles. The Morgan fingerprint density at radius 1 is 0.698 bits per heavy atom. The number of rotatable bonds is 12. The van der Waals surface area contributed by atoms with E-state index in [1.54, 1.807) is 22.8 Å². The minimum absolute atomic E-state index is 0. The van der Waals surface area contributed by atoms with Gasteiger partial charge in [-0.3, -0.25) is 9.80 Å². The highest BCUT2D eigenvalue weighted by Crippen LogP contribution is 2.42. The van der Waals surface area contributed by atoms with Crippen molar-refractivity contribution < 1.29 is 19.1 Å². The summed E-state index contributed by atoms with van der Waals surface area (Å²) in [6.45, 7) is 21.2. The van der Waals surface area contributed by atoms with Gasteiger partial charge >= 0.3 is 6.03 Å². The Morgan fingerprint density at radius 3 is 1.63 bits per heavy atom. The van der Waals surface area contributed by atoms with Gasteiger partial charge in [-0.15, -0.1) is 12.4 Å². The van der Waals surface area contributed by atoms with Gasteiger partial charge in [0.25, 0.3) is 0 Å². The topological polar surface area (TPSA) is 98.7 Å². The van der Waals surface area contributed by atoms with Gasteiger partial charge in [0.05, 0.1) is 24.6 Å². The molecule has 0 radical (unpaired) electrons. The fourth-order valence-electron chi connectivity index (χ4n) is 8.97. The molecule has 4 aromatic rings. The summed E-state index contributed by atoms with van der Waals surface area (Å²) in [5.74, 6) is 3.20. The number of aliphatic imine (C=N–C) groups is 1. The molecule has 4 fully saturated rings. The molecule has 344 valence electrons. The number of thiophene rings is 2. The number of piperidine rings is 4. The van der Waals surface area contributed by atoms with Gasteiger partial charge in [0.1, 0.15) is 11.5 Å². The van der Waals surface area contributed by atoms with Crippen LogP contribution in [0.2, 0.25) is 0 Å². The lowest BCUT2D eigenvalue weighted by molar-refractivity contribution is 0.0439. The maximum Gasteiger partial charge on any atom is 0.321 e. The molecular weight excluding hydrogens is 848 g/mol. The van der Waals surface area contributed by atoms with Crippen molar-refractivity contribution in [3.8, 4) is 11.5 Å². The summed E-state index contributed by atoms with van der Waals surface area (Å²) in [4.78, 5) is 32.6. The number of likely N-dealkylation sites (tertiary alicyclic amines) is 3. The number of carbonyl (C=O) groups excluding carboxylic acids is 2. The Labute approximate surface area is 391 Å². The van der Waals surface area contributed by atoms with E-state index in [-0.39, 0.29) is 18.4 Å². The van der Waals surface area contributed by atoms with Gasteiger partial charge in [0.2, 0.25) is 6.08 Å². The zero-order valence-electron chi connectivity index (χ0n) is 38.0. The summed E-state index contributed by atoms with van der Waals surface area (Å²) < 4.78 is 12.1. The van der Waals surface area contributed by atoms with E-state index in [0.29, 0.717) is 28.4 Å². The normalized spacial score (nSPS) is 18.3. The van der Waals surface area contributed by atoms with E-state index < -0.39 is 0 Å². The minimum atomic E-state index is 0. The van der Waals surface area contributed by atoms with Crippen LogP contribution in [0.4, 0.5) is 16.2 Å². The third kappa shape index (κ3) is 16.0. The second-order valence-corrected chi connectivity index (χ2v) is 20.1. The van der Waals surface area contributed by atoms with E-state index in [9.17, 15) is 9.59 Å². The Bertz CT molecular complexity index is 1940. The van der Waals surface area contributed by atoms with Crippen molar-refractivity contribution in [1.29, 1.82) is 0 Å². The van der Waals surface area contributed by atoms with Gasteiger partial charge in [0, 0.05) is 48.1 Å². The number of urea groups is 1. The molecule has 8 rings (SSSR count). The van der Waals surface area contributed by atoms with Crippen LogP contribution in [-0.4, -0.2) is 92.4 Å². The van der Waals surface area contributed by atoms with Gasteiger partial charge in [-0.25, -0.2) is 9.59 Å². The molecule has 63 heavy (non-hydrogen) atoms. The lowest BCUT2D eigenvalue weighted by Gasteiger charge is -2.46. The van der Waals surface area contributed by atoms with Crippen LogP contribution < -0.4 is 20.1 Å². The highest BCUT2D eigenvalue weighted by Gasteiger charge is 2.39. The zero-order valence-corrected chi connectivity index (χ0v) is 40.5. The van der Waals surface area contributed by atoms with Crippen molar-refractivity contribution in [1.82, 2.24) is 20.0 Å². The van der Waals surface area contributed by atoms with E-state index in [0.717, 1.165) is 82.5 Å². The molecule has 2 spiro atoms. The first-order chi connectivity index (χ1) is 30.1. The number of hydrogen-bond donors (Lipinski definition) is 2. The van der Waals surface area contributed by atoms with Crippen molar-refractivity contribution in [3.05, 3.63) is 93.3 Å². The molecule has 2 aromatic heterocycles. The standard InChI is InChI=1S/C25H35N3O2S.C20H32N2O.C5H3NOS.ClH/c1-20(2)18-30-23-6-4-3-5-21(23)17-27-12-8-25(9-13-27)10-14-28(15-11-25)24(29)26-22-7-16-31-19-22;1-17(2)16-23-19-6-4-3-5-18(19)15-22-13-9-20(10-14-22)7-11-21-12-8-20;7-4-6-5-1-2-8-3-5;/h3-7,16,19-20H,8-15,17-18H2,1-2H3,(H,26,29);3-6,17,21H,7-16H2,1-2H3;1-3H;1H.